The summed E-state index contributed by atoms with van der Waals surface area (Å²) >= 11 is 0. The Morgan fingerprint density at radius 2 is 1.33 bits per heavy atom. The van der Waals surface area contributed by atoms with Crippen LogP contribution in [0.4, 0.5) is 5.69 Å². The molecule has 1 atom stereocenters. The topological polar surface area (TPSA) is 3.24 Å². The van der Waals surface area contributed by atoms with E-state index >= 15 is 0 Å². The van der Waals surface area contributed by atoms with Crippen LogP contribution in [0, 0.1) is 0 Å². The summed E-state index contributed by atoms with van der Waals surface area (Å²) in [5, 5.41) is 0. The molecule has 0 aliphatic heterocycles. The number of hydrogen-bond acceptors (Lipinski definition) is 1. The Labute approximate surface area is 90.0 Å². The number of rotatable bonds is 1. The summed E-state index contributed by atoms with van der Waals surface area (Å²) in [6.07, 6.45) is 0. The maximum Gasteiger partial charge on any atom is 0.0360 e. The average molecular weight is 228 g/mol. The van der Waals surface area contributed by atoms with Crippen molar-refractivity contribution in [1.82, 2.24) is 0 Å². The van der Waals surface area contributed by atoms with Crippen molar-refractivity contribution < 1.29 is 0 Å². The van der Waals surface area contributed by atoms with Gasteiger partial charge in [0, 0.05) is 19.8 Å². The summed E-state index contributed by atoms with van der Waals surface area (Å²) < 4.78 is 0. The van der Waals surface area contributed by atoms with Crippen molar-refractivity contribution in [3.63, 3.8) is 0 Å². The van der Waals surface area contributed by atoms with Gasteiger partial charge in [-0.15, -0.1) is 24.8 Å². The summed E-state index contributed by atoms with van der Waals surface area (Å²) in [7, 11) is 4.07. The van der Waals surface area contributed by atoms with Crippen molar-refractivity contribution in [2.45, 2.75) is 0 Å². The smallest absolute Gasteiger partial charge is 0.0360 e. The van der Waals surface area contributed by atoms with E-state index in [4.69, 9.17) is 0 Å². The molecule has 0 bridgehead atoms. The van der Waals surface area contributed by atoms with Crippen molar-refractivity contribution in [2.24, 2.45) is 0 Å². The summed E-state index contributed by atoms with van der Waals surface area (Å²) in [6, 6.07) is 10.3. The van der Waals surface area contributed by atoms with Crippen molar-refractivity contribution in [1.29, 1.82) is 0 Å². The maximum absolute atomic E-state index is 2.08. The zero-order valence-corrected chi connectivity index (χ0v) is 10.4. The number of anilines is 1. The van der Waals surface area contributed by atoms with Gasteiger partial charge in [-0.05, 0) is 12.1 Å². The van der Waals surface area contributed by atoms with Crippen molar-refractivity contribution in [3.05, 3.63) is 30.3 Å². The summed E-state index contributed by atoms with van der Waals surface area (Å²) in [6.45, 7) is 0. The van der Waals surface area contributed by atoms with Crippen LogP contribution in [0.15, 0.2) is 30.3 Å². The molecule has 0 radical (unpaired) electrons. The van der Waals surface area contributed by atoms with Crippen LogP contribution in [-0.2, 0) is 0 Å². The first-order chi connectivity index (χ1) is 4.30. The molecule has 12 heavy (non-hydrogen) atoms. The SMILES string of the molecule is CN(C)c1ccccc1.Cl.Cl.P. The Balaban J connectivity index is -0.000000270. The molecule has 0 spiro atoms. The van der Waals surface area contributed by atoms with Crippen LogP contribution in [0.2, 0.25) is 0 Å². The first kappa shape index (κ1) is 17.9. The van der Waals surface area contributed by atoms with Gasteiger partial charge in [-0.3, -0.25) is 0 Å². The average Bonchev–Trinajstić information content (AvgIpc) is 1.90. The molecule has 4 heteroatoms. The van der Waals surface area contributed by atoms with Crippen LogP contribution in [0.5, 0.6) is 0 Å². The highest BCUT2D eigenvalue weighted by Gasteiger charge is 1.87. The Morgan fingerprint density at radius 1 is 0.917 bits per heavy atom. The summed E-state index contributed by atoms with van der Waals surface area (Å²) in [4.78, 5) is 2.08. The molecule has 1 aromatic carbocycles. The zero-order valence-electron chi connectivity index (χ0n) is 7.36. The van der Waals surface area contributed by atoms with Crippen LogP contribution >= 0.6 is 34.7 Å². The van der Waals surface area contributed by atoms with Crippen molar-refractivity contribution in [3.8, 4) is 0 Å². The van der Waals surface area contributed by atoms with E-state index in [1.54, 1.807) is 0 Å². The molecule has 72 valence electrons. The minimum atomic E-state index is 0. The fourth-order valence-corrected chi connectivity index (χ4v) is 0.726. The minimum Gasteiger partial charge on any atom is -0.378 e. The van der Waals surface area contributed by atoms with E-state index in [1.165, 1.54) is 5.69 Å². The second-order valence-corrected chi connectivity index (χ2v) is 2.23. The molecule has 0 saturated carbocycles. The van der Waals surface area contributed by atoms with E-state index in [0.717, 1.165) is 0 Å². The first-order valence-corrected chi connectivity index (χ1v) is 3.03. The molecule has 1 nitrogen and oxygen atoms in total. The zero-order chi connectivity index (χ0) is 6.69. The lowest BCUT2D eigenvalue weighted by Gasteiger charge is -2.10. The van der Waals surface area contributed by atoms with Gasteiger partial charge in [0.05, 0.1) is 0 Å². The predicted molar refractivity (Wildman–Crippen MR) is 66.4 cm³/mol. The molecule has 0 aliphatic rings. The number of halogens is 2. The molecular formula is C8H16Cl2NP. The first-order valence-electron chi connectivity index (χ1n) is 3.03. The monoisotopic (exact) mass is 227 g/mol. The summed E-state index contributed by atoms with van der Waals surface area (Å²) in [5.74, 6) is 0. The largest absolute Gasteiger partial charge is 0.378 e. The summed E-state index contributed by atoms with van der Waals surface area (Å²) in [5.41, 5.74) is 1.25. The molecule has 1 aromatic rings. The number of hydrogen-bond donors (Lipinski definition) is 0. The third-order valence-electron chi connectivity index (χ3n) is 1.27. The second-order valence-electron chi connectivity index (χ2n) is 2.23. The van der Waals surface area contributed by atoms with Crippen molar-refractivity contribution in [2.75, 3.05) is 19.0 Å². The highest BCUT2D eigenvalue weighted by molar-refractivity contribution is 6.92. The molecule has 0 heterocycles. The fraction of sp³-hybridized carbons (Fsp3) is 0.250. The van der Waals surface area contributed by atoms with Gasteiger partial charge in [0.1, 0.15) is 0 Å². The van der Waals surface area contributed by atoms with Crippen LogP contribution < -0.4 is 4.90 Å². The molecule has 0 saturated heterocycles. The molecule has 0 fully saturated rings. The molecule has 1 unspecified atom stereocenters. The lowest BCUT2D eigenvalue weighted by Crippen LogP contribution is -2.07. The van der Waals surface area contributed by atoms with E-state index in [2.05, 4.69) is 17.0 Å². The van der Waals surface area contributed by atoms with E-state index < -0.39 is 0 Å². The van der Waals surface area contributed by atoms with Crippen LogP contribution in [0.3, 0.4) is 0 Å². The van der Waals surface area contributed by atoms with E-state index in [1.807, 2.05) is 32.3 Å². The van der Waals surface area contributed by atoms with E-state index in [-0.39, 0.29) is 34.7 Å². The van der Waals surface area contributed by atoms with E-state index in [9.17, 15) is 0 Å². The number of benzene rings is 1. The van der Waals surface area contributed by atoms with Crippen LogP contribution in [0.25, 0.3) is 0 Å². The van der Waals surface area contributed by atoms with Gasteiger partial charge in [0.25, 0.3) is 0 Å². The van der Waals surface area contributed by atoms with Gasteiger partial charge in [-0.25, -0.2) is 0 Å². The Bertz CT molecular complexity index is 180. The number of nitrogens with zero attached hydrogens (tertiary/aromatic N) is 1. The van der Waals surface area contributed by atoms with Gasteiger partial charge >= 0.3 is 0 Å². The highest BCUT2D eigenvalue weighted by Crippen LogP contribution is 2.07. The third-order valence-corrected chi connectivity index (χ3v) is 1.27. The van der Waals surface area contributed by atoms with Gasteiger partial charge in [0.2, 0.25) is 0 Å². The molecule has 0 aliphatic carbocycles. The lowest BCUT2D eigenvalue weighted by molar-refractivity contribution is 1.13. The molecule has 0 aromatic heterocycles. The predicted octanol–water partition coefficient (Wildman–Crippen LogP) is 2.65. The van der Waals surface area contributed by atoms with Gasteiger partial charge in [-0.2, -0.15) is 9.90 Å². The Kier molecular flexibility index (Phi) is 13.6. The molecule has 1 rings (SSSR count). The molecule has 0 amide bonds. The fourth-order valence-electron chi connectivity index (χ4n) is 0.726. The van der Waals surface area contributed by atoms with E-state index in [0.29, 0.717) is 0 Å². The lowest BCUT2D eigenvalue weighted by atomic mass is 10.3. The quantitative estimate of drug-likeness (QED) is 0.668. The standard InChI is InChI=1S/C8H11N.2ClH.H3P/c1-9(2)8-6-4-3-5-7-8;;;/h3-7H,1-2H3;2*1H;1H3. The normalized spacial score (nSPS) is 6.83. The van der Waals surface area contributed by atoms with Crippen LogP contribution in [-0.4, -0.2) is 14.1 Å². The highest BCUT2D eigenvalue weighted by atomic mass is 35.5. The third kappa shape index (κ3) is 5.65. The maximum atomic E-state index is 2.08. The van der Waals surface area contributed by atoms with Gasteiger partial charge < -0.3 is 4.90 Å². The minimum absolute atomic E-state index is 0. The van der Waals surface area contributed by atoms with Gasteiger partial charge in [-0.1, -0.05) is 18.2 Å². The molecular weight excluding hydrogens is 212 g/mol. The van der Waals surface area contributed by atoms with Crippen LogP contribution in [0.1, 0.15) is 0 Å². The molecule has 0 N–H and O–H groups in total. The second kappa shape index (κ2) is 9.12. The number of para-hydroxylation sites is 1. The van der Waals surface area contributed by atoms with Gasteiger partial charge in [0.15, 0.2) is 0 Å². The Morgan fingerprint density at radius 3 is 1.58 bits per heavy atom. The van der Waals surface area contributed by atoms with Crippen molar-refractivity contribution >= 4 is 40.4 Å². The Hall–Kier alpha value is 0.0300.